The lowest BCUT2D eigenvalue weighted by Gasteiger charge is -2.22. The Kier molecular flexibility index (Phi) is 7.14. The molecule has 1 aliphatic rings. The van der Waals surface area contributed by atoms with Crippen LogP contribution in [0.1, 0.15) is 35.2 Å². The van der Waals surface area contributed by atoms with E-state index in [1.54, 1.807) is 36.4 Å². The van der Waals surface area contributed by atoms with E-state index in [0.717, 1.165) is 12.0 Å². The molecule has 154 valence electrons. The van der Waals surface area contributed by atoms with Crippen molar-refractivity contribution >= 4 is 11.9 Å². The maximum atomic E-state index is 12.7. The molecule has 2 N–H and O–H groups in total. The van der Waals surface area contributed by atoms with Crippen molar-refractivity contribution in [1.82, 2.24) is 10.3 Å². The van der Waals surface area contributed by atoms with Crippen LogP contribution in [0, 0.1) is 11.3 Å². The van der Waals surface area contributed by atoms with E-state index in [1.807, 2.05) is 12.1 Å². The van der Waals surface area contributed by atoms with Gasteiger partial charge in [0.25, 0.3) is 5.91 Å². The number of carboxylic acids is 1. The Morgan fingerprint density at radius 2 is 2.17 bits per heavy atom. The second-order valence-corrected chi connectivity index (χ2v) is 6.74. The van der Waals surface area contributed by atoms with Crippen LogP contribution in [-0.2, 0) is 9.53 Å². The van der Waals surface area contributed by atoms with Gasteiger partial charge in [-0.1, -0.05) is 17.7 Å². The number of rotatable bonds is 8. The van der Waals surface area contributed by atoms with Crippen molar-refractivity contribution < 1.29 is 24.2 Å². The number of benzene rings is 1. The molecule has 1 amide bonds. The number of aliphatic carboxylic acids is 1. The van der Waals surface area contributed by atoms with Gasteiger partial charge in [0.05, 0.1) is 17.7 Å². The zero-order valence-electron chi connectivity index (χ0n) is 16.2. The van der Waals surface area contributed by atoms with Crippen LogP contribution < -0.4 is 10.1 Å². The summed E-state index contributed by atoms with van der Waals surface area (Å²) >= 11 is 0. The summed E-state index contributed by atoms with van der Waals surface area (Å²) < 4.78 is 11.0. The Hall–Kier alpha value is -3.70. The second-order valence-electron chi connectivity index (χ2n) is 6.74. The quantitative estimate of drug-likeness (QED) is 0.645. The van der Waals surface area contributed by atoms with Crippen molar-refractivity contribution in [3.05, 3.63) is 65.4 Å². The number of pyridine rings is 1. The molecule has 8 nitrogen and oxygen atoms in total. The summed E-state index contributed by atoms with van der Waals surface area (Å²) in [5, 5.41) is 20.6. The Balaban J connectivity index is 1.59. The van der Waals surface area contributed by atoms with E-state index in [1.165, 1.54) is 6.20 Å². The van der Waals surface area contributed by atoms with Crippen LogP contribution in [0.5, 0.6) is 11.6 Å². The lowest BCUT2D eigenvalue weighted by Crippen LogP contribution is -2.28. The first-order valence-electron chi connectivity index (χ1n) is 9.47. The van der Waals surface area contributed by atoms with E-state index in [9.17, 15) is 9.59 Å². The Morgan fingerprint density at radius 1 is 1.30 bits per heavy atom. The third-order valence-corrected chi connectivity index (χ3v) is 4.57. The van der Waals surface area contributed by atoms with Crippen LogP contribution in [0.2, 0.25) is 0 Å². The van der Waals surface area contributed by atoms with Crippen molar-refractivity contribution in [2.75, 3.05) is 13.2 Å². The van der Waals surface area contributed by atoms with Crippen molar-refractivity contribution in [1.29, 1.82) is 5.26 Å². The van der Waals surface area contributed by atoms with Crippen LogP contribution in [-0.4, -0.2) is 41.2 Å². The molecule has 0 aliphatic heterocycles. The summed E-state index contributed by atoms with van der Waals surface area (Å²) in [6, 6.07) is 11.9. The van der Waals surface area contributed by atoms with Gasteiger partial charge in [-0.05, 0) is 49.6 Å². The summed E-state index contributed by atoms with van der Waals surface area (Å²) in [5.41, 5.74) is 1.80. The second kappa shape index (κ2) is 10.2. The van der Waals surface area contributed by atoms with Crippen LogP contribution in [0.15, 0.2) is 54.2 Å². The number of nitrogens with one attached hydrogen (secondary N) is 1. The van der Waals surface area contributed by atoms with Gasteiger partial charge in [-0.25, -0.2) is 9.78 Å². The molecule has 0 fully saturated rings. The average Bonchev–Trinajstić information content (AvgIpc) is 2.77. The zero-order valence-corrected chi connectivity index (χ0v) is 16.2. The molecule has 30 heavy (non-hydrogen) atoms. The highest BCUT2D eigenvalue weighted by Crippen LogP contribution is 2.24. The average molecular weight is 407 g/mol. The molecule has 1 aromatic carbocycles. The number of hydrogen-bond donors (Lipinski definition) is 2. The molecule has 0 bridgehead atoms. The smallest absolute Gasteiger partial charge is 0.329 e. The third-order valence-electron chi connectivity index (χ3n) is 4.57. The summed E-state index contributed by atoms with van der Waals surface area (Å²) in [6.45, 7) is 0.0777. The minimum atomic E-state index is -0.981. The van der Waals surface area contributed by atoms with Crippen LogP contribution >= 0.6 is 0 Å². The first-order valence-corrected chi connectivity index (χ1v) is 9.47. The molecule has 1 atom stereocenters. The normalized spacial score (nSPS) is 15.6. The summed E-state index contributed by atoms with van der Waals surface area (Å²) in [6.07, 6.45) is 5.46. The summed E-state index contributed by atoms with van der Waals surface area (Å²) in [5.74, 6) is -0.723. The van der Waals surface area contributed by atoms with Gasteiger partial charge < -0.3 is 19.9 Å². The molecule has 8 heteroatoms. The van der Waals surface area contributed by atoms with Crippen LogP contribution in [0.4, 0.5) is 0 Å². The van der Waals surface area contributed by atoms with Gasteiger partial charge in [-0.2, -0.15) is 5.26 Å². The fourth-order valence-electron chi connectivity index (χ4n) is 3.04. The topological polar surface area (TPSA) is 122 Å². The Bertz CT molecular complexity index is 996. The molecule has 3 rings (SSSR count). The monoisotopic (exact) mass is 407 g/mol. The van der Waals surface area contributed by atoms with E-state index < -0.39 is 5.97 Å². The number of carbonyl (C=O) groups excluding carboxylic acids is 1. The largest absolute Gasteiger partial charge is 0.480 e. The highest BCUT2D eigenvalue weighted by atomic mass is 16.5. The lowest BCUT2D eigenvalue weighted by molar-refractivity contribution is -0.144. The van der Waals surface area contributed by atoms with Crippen LogP contribution in [0.3, 0.4) is 0 Å². The van der Waals surface area contributed by atoms with Crippen molar-refractivity contribution in [3.8, 4) is 17.7 Å². The number of hydrogen-bond acceptors (Lipinski definition) is 6. The molecule has 0 saturated carbocycles. The van der Waals surface area contributed by atoms with Gasteiger partial charge in [0.2, 0.25) is 5.88 Å². The van der Waals surface area contributed by atoms with Gasteiger partial charge in [0.15, 0.2) is 0 Å². The van der Waals surface area contributed by atoms with Crippen molar-refractivity contribution in [2.24, 2.45) is 0 Å². The van der Waals surface area contributed by atoms with Gasteiger partial charge in [0.1, 0.15) is 17.9 Å². The minimum Gasteiger partial charge on any atom is -0.480 e. The number of nitriles is 1. The fraction of sp³-hybridized carbons (Fsp3) is 0.273. The molecular weight excluding hydrogens is 386 g/mol. The molecule has 2 aromatic rings. The summed E-state index contributed by atoms with van der Waals surface area (Å²) in [7, 11) is 0. The molecule has 0 radical (unpaired) electrons. The standard InChI is InChI=1S/C22H21N3O5/c23-12-16-3-1-4-18(11-16)30-22-19(5-2-10-24-22)21(28)25-13-15-6-8-17(9-7-15)29-14-20(26)27/h1-6,10-11,17H,7-9,13-14H2,(H,25,28)(H,26,27). The first kappa shape index (κ1) is 21.0. The third kappa shape index (κ3) is 5.90. The maximum Gasteiger partial charge on any atom is 0.329 e. The molecule has 1 aliphatic carbocycles. The number of nitrogens with zero attached hydrogens (tertiary/aromatic N) is 2. The SMILES string of the molecule is N#Cc1cccc(Oc2ncccc2C(=O)NCC2=CCC(OCC(=O)O)CC2)c1. The van der Waals surface area contributed by atoms with E-state index >= 15 is 0 Å². The van der Waals surface area contributed by atoms with Crippen molar-refractivity contribution in [3.63, 3.8) is 0 Å². The zero-order chi connectivity index (χ0) is 21.3. The fourth-order valence-corrected chi connectivity index (χ4v) is 3.04. The van der Waals surface area contributed by atoms with Gasteiger partial charge in [-0.15, -0.1) is 0 Å². The van der Waals surface area contributed by atoms with Gasteiger partial charge >= 0.3 is 5.97 Å². The highest BCUT2D eigenvalue weighted by molar-refractivity contribution is 5.96. The van der Waals surface area contributed by atoms with E-state index in [-0.39, 0.29) is 24.5 Å². The molecule has 1 unspecified atom stereocenters. The predicted octanol–water partition coefficient (Wildman–Crippen LogP) is 3.06. The first-order chi connectivity index (χ1) is 14.5. The van der Waals surface area contributed by atoms with E-state index in [4.69, 9.17) is 19.8 Å². The molecule has 1 heterocycles. The van der Waals surface area contributed by atoms with E-state index in [2.05, 4.69) is 10.3 Å². The Labute approximate surface area is 173 Å². The molecule has 0 spiro atoms. The Morgan fingerprint density at radius 3 is 2.90 bits per heavy atom. The molecule has 0 saturated heterocycles. The highest BCUT2D eigenvalue weighted by Gasteiger charge is 2.18. The number of aromatic nitrogens is 1. The van der Waals surface area contributed by atoms with Crippen molar-refractivity contribution in [2.45, 2.75) is 25.4 Å². The minimum absolute atomic E-state index is 0.108. The molecule has 1 aromatic heterocycles. The number of carboxylic acid groups (broad SMARTS) is 1. The number of carbonyl (C=O) groups is 2. The summed E-state index contributed by atoms with van der Waals surface area (Å²) in [4.78, 5) is 27.4. The number of amides is 1. The lowest BCUT2D eigenvalue weighted by atomic mass is 9.97. The maximum absolute atomic E-state index is 12.7. The van der Waals surface area contributed by atoms with Gasteiger partial charge in [0, 0.05) is 12.7 Å². The van der Waals surface area contributed by atoms with Crippen LogP contribution in [0.25, 0.3) is 0 Å². The predicted molar refractivity (Wildman–Crippen MR) is 107 cm³/mol. The number of ether oxygens (including phenoxy) is 2. The van der Waals surface area contributed by atoms with E-state index in [0.29, 0.717) is 36.3 Å². The van der Waals surface area contributed by atoms with Gasteiger partial charge in [-0.3, -0.25) is 4.79 Å². The molecular formula is C22H21N3O5.